The molecule has 0 aliphatic heterocycles. The summed E-state index contributed by atoms with van der Waals surface area (Å²) in [5, 5.41) is 5.55. The highest BCUT2D eigenvalue weighted by Gasteiger charge is 2.11. The Hall–Kier alpha value is -1.91. The molecule has 0 fully saturated rings. The largest absolute Gasteiger partial charge is 0.352 e. The zero-order chi connectivity index (χ0) is 14.3. The summed E-state index contributed by atoms with van der Waals surface area (Å²) < 4.78 is 0. The van der Waals surface area contributed by atoms with E-state index in [4.69, 9.17) is 0 Å². The minimum absolute atomic E-state index is 0.201. The number of carbonyl (C=O) groups is 2. The zero-order valence-corrected chi connectivity index (χ0v) is 11.7. The molecule has 0 aromatic carbocycles. The molecule has 2 amide bonds. The molecule has 0 unspecified atom stereocenters. The molecule has 5 heteroatoms. The van der Waals surface area contributed by atoms with Gasteiger partial charge in [-0.05, 0) is 18.4 Å². The van der Waals surface area contributed by atoms with Crippen molar-refractivity contribution in [1.82, 2.24) is 15.6 Å². The topological polar surface area (TPSA) is 71.1 Å². The summed E-state index contributed by atoms with van der Waals surface area (Å²) in [6.07, 6.45) is 3.80. The van der Waals surface area contributed by atoms with Crippen molar-refractivity contribution in [2.75, 3.05) is 13.1 Å². The van der Waals surface area contributed by atoms with Gasteiger partial charge in [-0.15, -0.1) is 0 Å². The van der Waals surface area contributed by atoms with Crippen LogP contribution in [0.2, 0.25) is 0 Å². The average molecular weight is 263 g/mol. The maximum Gasteiger partial charge on any atom is 0.252 e. The van der Waals surface area contributed by atoms with E-state index in [1.54, 1.807) is 6.07 Å². The Bertz CT molecular complexity index is 444. The summed E-state index contributed by atoms with van der Waals surface area (Å²) in [7, 11) is 0. The number of hydrogen-bond acceptors (Lipinski definition) is 3. The summed E-state index contributed by atoms with van der Waals surface area (Å²) in [4.78, 5) is 27.6. The second-order valence-corrected chi connectivity index (χ2v) is 4.82. The van der Waals surface area contributed by atoms with Gasteiger partial charge in [-0.25, -0.2) is 0 Å². The predicted molar refractivity (Wildman–Crippen MR) is 74.0 cm³/mol. The maximum absolute atomic E-state index is 11.9. The van der Waals surface area contributed by atoms with Crippen molar-refractivity contribution in [3.8, 4) is 0 Å². The molecule has 1 heterocycles. The molecule has 1 aromatic rings. The zero-order valence-electron chi connectivity index (χ0n) is 11.7. The lowest BCUT2D eigenvalue weighted by Crippen LogP contribution is -2.28. The first kappa shape index (κ1) is 15.1. The van der Waals surface area contributed by atoms with Crippen LogP contribution >= 0.6 is 0 Å². The van der Waals surface area contributed by atoms with E-state index in [2.05, 4.69) is 15.6 Å². The summed E-state index contributed by atoms with van der Waals surface area (Å²) in [6.45, 7) is 7.24. The van der Waals surface area contributed by atoms with Crippen LogP contribution in [0.4, 0.5) is 0 Å². The Morgan fingerprint density at radius 3 is 2.26 bits per heavy atom. The van der Waals surface area contributed by atoms with Gasteiger partial charge >= 0.3 is 0 Å². The van der Waals surface area contributed by atoms with E-state index in [1.165, 1.54) is 12.4 Å². The summed E-state index contributed by atoms with van der Waals surface area (Å²) in [6, 6.07) is 1.56. The fourth-order valence-corrected chi connectivity index (χ4v) is 1.43. The Balaban J connectivity index is 2.71. The van der Waals surface area contributed by atoms with E-state index in [-0.39, 0.29) is 11.8 Å². The van der Waals surface area contributed by atoms with Crippen molar-refractivity contribution >= 4 is 11.8 Å². The van der Waals surface area contributed by atoms with Crippen LogP contribution in [0.3, 0.4) is 0 Å². The van der Waals surface area contributed by atoms with Gasteiger partial charge in [0, 0.05) is 25.5 Å². The molecule has 5 nitrogen and oxygen atoms in total. The van der Waals surface area contributed by atoms with E-state index in [9.17, 15) is 9.59 Å². The molecule has 2 N–H and O–H groups in total. The van der Waals surface area contributed by atoms with Crippen LogP contribution < -0.4 is 10.6 Å². The lowest BCUT2D eigenvalue weighted by Gasteiger charge is -2.08. The normalized spacial score (nSPS) is 10.3. The number of rotatable bonds is 6. The van der Waals surface area contributed by atoms with Crippen LogP contribution in [0, 0.1) is 5.92 Å². The van der Waals surface area contributed by atoms with Crippen molar-refractivity contribution in [1.29, 1.82) is 0 Å². The van der Waals surface area contributed by atoms with Crippen LogP contribution in [0.5, 0.6) is 0 Å². The average Bonchev–Trinajstić information content (AvgIpc) is 2.42. The minimum Gasteiger partial charge on any atom is -0.352 e. The van der Waals surface area contributed by atoms with Gasteiger partial charge < -0.3 is 10.6 Å². The molecule has 0 radical (unpaired) electrons. The summed E-state index contributed by atoms with van der Waals surface area (Å²) in [5.41, 5.74) is 0.815. The number of carbonyl (C=O) groups excluding carboxylic acids is 2. The van der Waals surface area contributed by atoms with E-state index < -0.39 is 0 Å². The van der Waals surface area contributed by atoms with Crippen LogP contribution in [0.15, 0.2) is 18.5 Å². The molecule has 0 aliphatic rings. The van der Waals surface area contributed by atoms with Crippen LogP contribution in [-0.2, 0) is 0 Å². The minimum atomic E-state index is -0.202. The molecule has 0 saturated heterocycles. The first-order valence-corrected chi connectivity index (χ1v) is 6.56. The molecular weight excluding hydrogens is 242 g/mol. The van der Waals surface area contributed by atoms with Crippen LogP contribution in [-0.4, -0.2) is 29.9 Å². The fourth-order valence-electron chi connectivity index (χ4n) is 1.43. The first-order chi connectivity index (χ1) is 9.04. The standard InChI is InChI=1S/C14H21N3O2/c1-4-5-16-13(18)11-6-12(9-15-8-11)14(19)17-7-10(2)3/h6,8-10H,4-5,7H2,1-3H3,(H,16,18)(H,17,19). The number of nitrogens with zero attached hydrogens (tertiary/aromatic N) is 1. The van der Waals surface area contributed by atoms with E-state index >= 15 is 0 Å². The van der Waals surface area contributed by atoms with Crippen molar-refractivity contribution < 1.29 is 9.59 Å². The molecule has 0 saturated carbocycles. The number of nitrogens with one attached hydrogen (secondary N) is 2. The van der Waals surface area contributed by atoms with Crippen molar-refractivity contribution in [3.63, 3.8) is 0 Å². The summed E-state index contributed by atoms with van der Waals surface area (Å²) in [5.74, 6) is -0.0212. The Kier molecular flexibility index (Phi) is 5.99. The Morgan fingerprint density at radius 2 is 1.74 bits per heavy atom. The molecule has 0 atom stereocenters. The van der Waals surface area contributed by atoms with Gasteiger partial charge in [0.1, 0.15) is 0 Å². The molecular formula is C14H21N3O2. The second kappa shape index (κ2) is 7.51. The quantitative estimate of drug-likeness (QED) is 0.819. The number of pyridine rings is 1. The number of hydrogen-bond donors (Lipinski definition) is 2. The van der Waals surface area contributed by atoms with Gasteiger partial charge in [0.15, 0.2) is 0 Å². The Labute approximate surface area is 113 Å². The van der Waals surface area contributed by atoms with Gasteiger partial charge in [0.25, 0.3) is 11.8 Å². The third-order valence-electron chi connectivity index (χ3n) is 2.47. The third kappa shape index (κ3) is 5.07. The molecule has 0 spiro atoms. The molecule has 0 aliphatic carbocycles. The summed E-state index contributed by atoms with van der Waals surface area (Å²) >= 11 is 0. The molecule has 1 aromatic heterocycles. The second-order valence-electron chi connectivity index (χ2n) is 4.82. The molecule has 0 bridgehead atoms. The maximum atomic E-state index is 11.9. The fraction of sp³-hybridized carbons (Fsp3) is 0.500. The van der Waals surface area contributed by atoms with E-state index in [0.29, 0.717) is 30.1 Å². The van der Waals surface area contributed by atoms with Gasteiger partial charge in [0.2, 0.25) is 0 Å². The lowest BCUT2D eigenvalue weighted by atomic mass is 10.1. The van der Waals surface area contributed by atoms with Gasteiger partial charge in [-0.1, -0.05) is 20.8 Å². The van der Waals surface area contributed by atoms with Gasteiger partial charge in [-0.2, -0.15) is 0 Å². The van der Waals surface area contributed by atoms with Crippen LogP contribution in [0.1, 0.15) is 47.9 Å². The van der Waals surface area contributed by atoms with E-state index in [0.717, 1.165) is 6.42 Å². The number of aromatic nitrogens is 1. The van der Waals surface area contributed by atoms with E-state index in [1.807, 2.05) is 20.8 Å². The third-order valence-corrected chi connectivity index (χ3v) is 2.47. The molecule has 1 rings (SSSR count). The highest BCUT2D eigenvalue weighted by atomic mass is 16.2. The van der Waals surface area contributed by atoms with Crippen molar-refractivity contribution in [2.45, 2.75) is 27.2 Å². The predicted octanol–water partition coefficient (Wildman–Crippen LogP) is 1.61. The Morgan fingerprint density at radius 1 is 1.16 bits per heavy atom. The first-order valence-electron chi connectivity index (χ1n) is 6.56. The smallest absolute Gasteiger partial charge is 0.252 e. The van der Waals surface area contributed by atoms with Crippen molar-refractivity contribution in [2.24, 2.45) is 5.92 Å². The molecule has 104 valence electrons. The number of amides is 2. The van der Waals surface area contributed by atoms with Gasteiger partial charge in [-0.3, -0.25) is 14.6 Å². The van der Waals surface area contributed by atoms with Crippen molar-refractivity contribution in [3.05, 3.63) is 29.6 Å². The highest BCUT2D eigenvalue weighted by Crippen LogP contribution is 2.03. The monoisotopic (exact) mass is 263 g/mol. The highest BCUT2D eigenvalue weighted by molar-refractivity contribution is 5.99. The SMILES string of the molecule is CCCNC(=O)c1cncc(C(=O)NCC(C)C)c1. The lowest BCUT2D eigenvalue weighted by molar-refractivity contribution is 0.0948. The van der Waals surface area contributed by atoms with Crippen LogP contribution in [0.25, 0.3) is 0 Å². The molecule has 19 heavy (non-hydrogen) atoms. The van der Waals surface area contributed by atoms with Gasteiger partial charge in [0.05, 0.1) is 11.1 Å².